The molecule has 0 aromatic carbocycles. The van der Waals surface area contributed by atoms with Crippen molar-refractivity contribution < 1.29 is 9.84 Å². The van der Waals surface area contributed by atoms with Crippen molar-refractivity contribution in [3.8, 4) is 0 Å². The number of hydrogen-bond donors (Lipinski definition) is 3. The Labute approximate surface area is 94.9 Å². The van der Waals surface area contributed by atoms with Crippen LogP contribution in [0, 0.1) is 0 Å². The van der Waals surface area contributed by atoms with Gasteiger partial charge in [-0.2, -0.15) is 0 Å². The first-order valence-corrected chi connectivity index (χ1v) is 5.07. The van der Waals surface area contributed by atoms with E-state index in [0.29, 0.717) is 31.2 Å². The van der Waals surface area contributed by atoms with Crippen LogP contribution in [0.1, 0.15) is 13.3 Å². The molecule has 0 saturated carbocycles. The summed E-state index contributed by atoms with van der Waals surface area (Å²) in [6.45, 7) is 2.58. The number of aliphatic hydroxyl groups is 1. The van der Waals surface area contributed by atoms with E-state index in [9.17, 15) is 5.11 Å². The molecular weight excluding hydrogens is 208 g/mol. The molecule has 1 unspecified atom stereocenters. The molecule has 0 aliphatic heterocycles. The number of nitrogen functional groups attached to an aromatic ring is 1. The molecule has 0 spiro atoms. The van der Waals surface area contributed by atoms with Gasteiger partial charge in [0.1, 0.15) is 0 Å². The van der Waals surface area contributed by atoms with E-state index in [0.717, 1.165) is 0 Å². The van der Waals surface area contributed by atoms with Gasteiger partial charge in [-0.1, -0.05) is 0 Å². The van der Waals surface area contributed by atoms with Gasteiger partial charge in [0.2, 0.25) is 0 Å². The molecular formula is C10H18N4O2. The van der Waals surface area contributed by atoms with Gasteiger partial charge in [0.05, 0.1) is 5.60 Å². The fraction of sp³-hybridized carbons (Fsp3) is 0.600. The molecule has 6 nitrogen and oxygen atoms in total. The Hall–Kier alpha value is -1.40. The molecule has 1 heterocycles. The summed E-state index contributed by atoms with van der Waals surface area (Å²) in [5.41, 5.74) is 4.75. The maximum absolute atomic E-state index is 9.97. The third-order valence-corrected chi connectivity index (χ3v) is 2.21. The van der Waals surface area contributed by atoms with Gasteiger partial charge in [0, 0.05) is 39.1 Å². The lowest BCUT2D eigenvalue weighted by molar-refractivity contribution is 0.0357. The maximum atomic E-state index is 9.97. The summed E-state index contributed by atoms with van der Waals surface area (Å²) in [5.74, 6) is 0.810. The second-order valence-electron chi connectivity index (χ2n) is 3.88. The van der Waals surface area contributed by atoms with E-state index in [4.69, 9.17) is 10.5 Å². The average molecular weight is 226 g/mol. The Morgan fingerprint density at radius 3 is 2.81 bits per heavy atom. The van der Waals surface area contributed by atoms with Crippen molar-refractivity contribution in [2.45, 2.75) is 18.9 Å². The highest BCUT2D eigenvalue weighted by atomic mass is 16.5. The van der Waals surface area contributed by atoms with Crippen LogP contribution in [0.3, 0.4) is 0 Å². The lowest BCUT2D eigenvalue weighted by atomic mass is 10.0. The summed E-state index contributed by atoms with van der Waals surface area (Å²) >= 11 is 0. The molecule has 0 saturated heterocycles. The molecule has 6 heteroatoms. The third-order valence-electron chi connectivity index (χ3n) is 2.21. The van der Waals surface area contributed by atoms with Crippen LogP contribution in [0.15, 0.2) is 12.4 Å². The lowest BCUT2D eigenvalue weighted by Crippen LogP contribution is -2.35. The van der Waals surface area contributed by atoms with Crippen LogP contribution < -0.4 is 11.1 Å². The molecule has 1 aromatic heterocycles. The largest absolute Gasteiger partial charge is 0.388 e. The molecule has 0 fully saturated rings. The summed E-state index contributed by atoms with van der Waals surface area (Å²) in [6, 6.07) is 0. The molecule has 0 amide bonds. The smallest absolute Gasteiger partial charge is 0.169 e. The number of hydrogen-bond acceptors (Lipinski definition) is 6. The first-order chi connectivity index (χ1) is 7.55. The van der Waals surface area contributed by atoms with Gasteiger partial charge in [-0.15, -0.1) is 0 Å². The quantitative estimate of drug-likeness (QED) is 0.644. The molecule has 0 aliphatic carbocycles. The number of nitrogens with one attached hydrogen (secondary N) is 1. The minimum atomic E-state index is -0.861. The normalized spacial score (nSPS) is 14.4. The van der Waals surface area contributed by atoms with Crippen LogP contribution in [-0.4, -0.2) is 40.9 Å². The Morgan fingerprint density at radius 2 is 2.19 bits per heavy atom. The van der Waals surface area contributed by atoms with Crippen LogP contribution in [0.4, 0.5) is 11.6 Å². The van der Waals surface area contributed by atoms with Crippen molar-refractivity contribution >= 4 is 11.6 Å². The Balaban J connectivity index is 2.47. The number of rotatable bonds is 6. The standard InChI is InChI=1S/C10H18N4O2/c1-10(15,3-6-16-2)7-14-9-8(11)12-4-5-13-9/h4-5,15H,3,6-7H2,1-2H3,(H2,11,12)(H,13,14). The molecule has 0 aliphatic rings. The molecule has 90 valence electrons. The van der Waals surface area contributed by atoms with E-state index in [1.807, 2.05) is 0 Å². The zero-order valence-corrected chi connectivity index (χ0v) is 9.60. The highest BCUT2D eigenvalue weighted by Crippen LogP contribution is 2.14. The minimum absolute atomic E-state index is 0.324. The highest BCUT2D eigenvalue weighted by molar-refractivity contribution is 5.55. The average Bonchev–Trinajstić information content (AvgIpc) is 2.26. The molecule has 4 N–H and O–H groups in total. The van der Waals surface area contributed by atoms with E-state index in [1.165, 1.54) is 6.20 Å². The number of nitrogens with two attached hydrogens (primary N) is 1. The minimum Gasteiger partial charge on any atom is -0.388 e. The van der Waals surface area contributed by atoms with Crippen molar-refractivity contribution in [3.63, 3.8) is 0 Å². The number of aromatic nitrogens is 2. The van der Waals surface area contributed by atoms with E-state index < -0.39 is 5.60 Å². The summed E-state index contributed by atoms with van der Waals surface area (Å²) < 4.78 is 4.91. The second kappa shape index (κ2) is 5.62. The van der Waals surface area contributed by atoms with E-state index in [-0.39, 0.29) is 0 Å². The Bertz CT molecular complexity index is 330. The number of ether oxygens (including phenoxy) is 1. The van der Waals surface area contributed by atoms with Crippen molar-refractivity contribution in [3.05, 3.63) is 12.4 Å². The summed E-state index contributed by atoms with van der Waals surface area (Å²) in [4.78, 5) is 7.91. The van der Waals surface area contributed by atoms with Crippen molar-refractivity contribution in [2.24, 2.45) is 0 Å². The van der Waals surface area contributed by atoms with Crippen molar-refractivity contribution in [2.75, 3.05) is 31.3 Å². The van der Waals surface area contributed by atoms with Crippen LogP contribution in [0.5, 0.6) is 0 Å². The monoisotopic (exact) mass is 226 g/mol. The van der Waals surface area contributed by atoms with Crippen LogP contribution in [0.2, 0.25) is 0 Å². The first kappa shape index (κ1) is 12.7. The third kappa shape index (κ3) is 4.00. The predicted octanol–water partition coefficient (Wildman–Crippen LogP) is 0.258. The maximum Gasteiger partial charge on any atom is 0.169 e. The topological polar surface area (TPSA) is 93.3 Å². The lowest BCUT2D eigenvalue weighted by Gasteiger charge is -2.23. The van der Waals surface area contributed by atoms with Gasteiger partial charge in [0.25, 0.3) is 0 Å². The van der Waals surface area contributed by atoms with E-state index >= 15 is 0 Å². The summed E-state index contributed by atoms with van der Waals surface area (Å²) in [7, 11) is 1.60. The number of nitrogens with zero attached hydrogens (tertiary/aromatic N) is 2. The zero-order chi connectivity index (χ0) is 12.0. The molecule has 0 radical (unpaired) electrons. The number of methoxy groups -OCH3 is 1. The predicted molar refractivity (Wildman–Crippen MR) is 62.1 cm³/mol. The van der Waals surface area contributed by atoms with E-state index in [1.54, 1.807) is 20.2 Å². The first-order valence-electron chi connectivity index (χ1n) is 5.07. The van der Waals surface area contributed by atoms with Crippen LogP contribution in [-0.2, 0) is 4.74 Å². The highest BCUT2D eigenvalue weighted by Gasteiger charge is 2.20. The zero-order valence-electron chi connectivity index (χ0n) is 9.60. The van der Waals surface area contributed by atoms with Gasteiger partial charge >= 0.3 is 0 Å². The molecule has 1 rings (SSSR count). The fourth-order valence-electron chi connectivity index (χ4n) is 1.17. The second-order valence-corrected chi connectivity index (χ2v) is 3.88. The van der Waals surface area contributed by atoms with Crippen LogP contribution >= 0.6 is 0 Å². The van der Waals surface area contributed by atoms with Gasteiger partial charge in [-0.05, 0) is 6.92 Å². The van der Waals surface area contributed by atoms with Gasteiger partial charge in [0.15, 0.2) is 11.6 Å². The SMILES string of the molecule is COCCC(C)(O)CNc1nccnc1N. The molecule has 0 bridgehead atoms. The molecule has 1 atom stereocenters. The van der Waals surface area contributed by atoms with Crippen LogP contribution in [0.25, 0.3) is 0 Å². The summed E-state index contributed by atoms with van der Waals surface area (Å²) in [6.07, 6.45) is 3.60. The van der Waals surface area contributed by atoms with Gasteiger partial charge < -0.3 is 20.9 Å². The Kier molecular flexibility index (Phi) is 4.45. The molecule has 1 aromatic rings. The fourth-order valence-corrected chi connectivity index (χ4v) is 1.17. The Morgan fingerprint density at radius 1 is 1.50 bits per heavy atom. The van der Waals surface area contributed by atoms with Gasteiger partial charge in [-0.25, -0.2) is 9.97 Å². The van der Waals surface area contributed by atoms with E-state index in [2.05, 4.69) is 15.3 Å². The van der Waals surface area contributed by atoms with Crippen molar-refractivity contribution in [1.82, 2.24) is 9.97 Å². The van der Waals surface area contributed by atoms with Gasteiger partial charge in [-0.3, -0.25) is 0 Å². The van der Waals surface area contributed by atoms with Crippen molar-refractivity contribution in [1.29, 1.82) is 0 Å². The molecule has 16 heavy (non-hydrogen) atoms. The summed E-state index contributed by atoms with van der Waals surface area (Å²) in [5, 5.41) is 12.9. The number of anilines is 2.